The number of nitrogens with zero attached hydrogens (tertiary/aromatic N) is 4. The highest BCUT2D eigenvalue weighted by Gasteiger charge is 2.18. The number of rotatable bonds is 5. The summed E-state index contributed by atoms with van der Waals surface area (Å²) in [6.07, 6.45) is 0. The molecule has 2 heterocycles. The third-order valence-corrected chi connectivity index (χ3v) is 6.74. The average molecular weight is 470 g/mol. The lowest BCUT2D eigenvalue weighted by molar-refractivity contribution is -0.113. The van der Waals surface area contributed by atoms with Gasteiger partial charge in [0, 0.05) is 5.69 Å². The summed E-state index contributed by atoms with van der Waals surface area (Å²) >= 11 is 1.28. The van der Waals surface area contributed by atoms with E-state index < -0.39 is 0 Å². The van der Waals surface area contributed by atoms with Gasteiger partial charge in [0.25, 0.3) is 5.56 Å². The number of aryl methyl sites for hydroxylation is 3. The molecule has 0 saturated carbocycles. The highest BCUT2D eigenvalue weighted by Crippen LogP contribution is 2.24. The van der Waals surface area contributed by atoms with Crippen LogP contribution in [0.15, 0.2) is 76.7 Å². The van der Waals surface area contributed by atoms with Crippen molar-refractivity contribution in [1.82, 2.24) is 19.2 Å². The van der Waals surface area contributed by atoms with Crippen molar-refractivity contribution in [3.05, 3.63) is 93.8 Å². The third-order valence-electron chi connectivity index (χ3n) is 5.81. The Morgan fingerprint density at radius 3 is 2.47 bits per heavy atom. The van der Waals surface area contributed by atoms with Crippen LogP contribution in [0.1, 0.15) is 16.7 Å². The van der Waals surface area contributed by atoms with Gasteiger partial charge in [-0.3, -0.25) is 14.0 Å². The molecule has 2 aromatic heterocycles. The molecule has 8 heteroatoms. The van der Waals surface area contributed by atoms with Gasteiger partial charge in [-0.2, -0.15) is 0 Å². The first-order valence-corrected chi connectivity index (χ1v) is 11.9. The van der Waals surface area contributed by atoms with Crippen molar-refractivity contribution in [3.63, 3.8) is 0 Å². The second-order valence-electron chi connectivity index (χ2n) is 8.25. The fraction of sp³-hybridized carbons (Fsp3) is 0.154. The fourth-order valence-electron chi connectivity index (χ4n) is 3.85. The smallest absolute Gasteiger partial charge is 0.267 e. The molecule has 0 aliphatic carbocycles. The molecule has 0 saturated heterocycles. The Morgan fingerprint density at radius 2 is 1.71 bits per heavy atom. The van der Waals surface area contributed by atoms with Gasteiger partial charge >= 0.3 is 0 Å². The van der Waals surface area contributed by atoms with Crippen LogP contribution in [0.2, 0.25) is 0 Å². The van der Waals surface area contributed by atoms with E-state index >= 15 is 0 Å². The number of amides is 1. The summed E-state index contributed by atoms with van der Waals surface area (Å²) in [4.78, 5) is 26.0. The quantitative estimate of drug-likeness (QED) is 0.378. The number of hydrogen-bond acceptors (Lipinski definition) is 5. The number of nitrogens with one attached hydrogen (secondary N) is 1. The minimum Gasteiger partial charge on any atom is -0.325 e. The molecule has 5 rings (SSSR count). The monoisotopic (exact) mass is 469 g/mol. The van der Waals surface area contributed by atoms with E-state index in [4.69, 9.17) is 0 Å². The van der Waals surface area contributed by atoms with Gasteiger partial charge in [0.15, 0.2) is 5.16 Å². The molecule has 5 aromatic rings. The lowest BCUT2D eigenvalue weighted by Gasteiger charge is -2.11. The topological polar surface area (TPSA) is 81.3 Å². The highest BCUT2D eigenvalue weighted by atomic mass is 32.2. The van der Waals surface area contributed by atoms with E-state index in [1.807, 2.05) is 85.8 Å². The average Bonchev–Trinajstić information content (AvgIpc) is 3.25. The maximum Gasteiger partial charge on any atom is 0.267 e. The molecule has 1 N–H and O–H groups in total. The van der Waals surface area contributed by atoms with Crippen LogP contribution in [-0.2, 0) is 4.79 Å². The molecule has 0 bridgehead atoms. The van der Waals surface area contributed by atoms with Gasteiger partial charge < -0.3 is 5.32 Å². The van der Waals surface area contributed by atoms with E-state index in [0.29, 0.717) is 27.5 Å². The van der Waals surface area contributed by atoms with E-state index in [1.54, 1.807) is 10.6 Å². The van der Waals surface area contributed by atoms with Crippen LogP contribution in [0.3, 0.4) is 0 Å². The zero-order valence-corrected chi connectivity index (χ0v) is 19.9. The molecule has 170 valence electrons. The van der Waals surface area contributed by atoms with E-state index in [2.05, 4.69) is 15.5 Å². The summed E-state index contributed by atoms with van der Waals surface area (Å²) in [7, 11) is 0. The Balaban J connectivity index is 1.52. The standard InChI is InChI=1S/C26H23N5O2S/c1-16-8-12-20(13-9-16)30-24(33)21-6-4-5-7-22(21)31-25(30)28-29-26(31)34-15-23(32)27-19-11-10-17(2)18(3)14-19/h4-14H,15H2,1-3H3,(H,27,32). The van der Waals surface area contributed by atoms with Gasteiger partial charge in [-0.25, -0.2) is 4.57 Å². The Labute approximate surface area is 200 Å². The summed E-state index contributed by atoms with van der Waals surface area (Å²) in [6.45, 7) is 6.05. The van der Waals surface area contributed by atoms with E-state index in [9.17, 15) is 9.59 Å². The van der Waals surface area contributed by atoms with Crippen molar-refractivity contribution in [2.45, 2.75) is 25.9 Å². The Bertz CT molecular complexity index is 1600. The normalized spacial score (nSPS) is 11.3. The number of aromatic nitrogens is 4. The third kappa shape index (κ3) is 3.97. The molecule has 0 aliphatic heterocycles. The molecule has 0 radical (unpaired) electrons. The van der Waals surface area contributed by atoms with Crippen molar-refractivity contribution in [2.24, 2.45) is 0 Å². The van der Waals surface area contributed by atoms with Crippen molar-refractivity contribution in [1.29, 1.82) is 0 Å². The first-order chi connectivity index (χ1) is 16.4. The lowest BCUT2D eigenvalue weighted by Crippen LogP contribution is -2.22. The zero-order valence-electron chi connectivity index (χ0n) is 19.1. The van der Waals surface area contributed by atoms with Crippen LogP contribution >= 0.6 is 11.8 Å². The molecule has 0 atom stereocenters. The van der Waals surface area contributed by atoms with Crippen LogP contribution in [0, 0.1) is 20.8 Å². The number of anilines is 1. The van der Waals surface area contributed by atoms with Gasteiger partial charge in [-0.15, -0.1) is 10.2 Å². The Kier molecular flexibility index (Phi) is 5.67. The molecule has 0 fully saturated rings. The summed E-state index contributed by atoms with van der Waals surface area (Å²) in [5, 5.41) is 12.7. The van der Waals surface area contributed by atoms with Gasteiger partial charge in [-0.05, 0) is 68.3 Å². The first-order valence-electron chi connectivity index (χ1n) is 10.9. The van der Waals surface area contributed by atoms with Crippen LogP contribution in [0.25, 0.3) is 22.4 Å². The number of fused-ring (bicyclic) bond motifs is 3. The summed E-state index contributed by atoms with van der Waals surface area (Å²) in [5.74, 6) is 0.428. The van der Waals surface area contributed by atoms with Crippen LogP contribution in [0.4, 0.5) is 5.69 Å². The van der Waals surface area contributed by atoms with Crippen molar-refractivity contribution >= 4 is 40.0 Å². The first kappa shape index (κ1) is 21.9. The Morgan fingerprint density at radius 1 is 0.941 bits per heavy atom. The second kappa shape index (κ2) is 8.79. The zero-order chi connectivity index (χ0) is 23.8. The van der Waals surface area contributed by atoms with Crippen molar-refractivity contribution in [3.8, 4) is 5.69 Å². The van der Waals surface area contributed by atoms with Crippen molar-refractivity contribution < 1.29 is 4.79 Å². The Hall–Kier alpha value is -3.91. The van der Waals surface area contributed by atoms with Gasteiger partial charge in [0.2, 0.25) is 11.7 Å². The van der Waals surface area contributed by atoms with Gasteiger partial charge in [-0.1, -0.05) is 47.7 Å². The molecule has 7 nitrogen and oxygen atoms in total. The number of thioether (sulfide) groups is 1. The molecule has 0 unspecified atom stereocenters. The molecular weight excluding hydrogens is 446 g/mol. The highest BCUT2D eigenvalue weighted by molar-refractivity contribution is 7.99. The van der Waals surface area contributed by atoms with Gasteiger partial charge in [0.1, 0.15) is 0 Å². The molecule has 0 aliphatic rings. The van der Waals surface area contributed by atoms with E-state index in [-0.39, 0.29) is 17.2 Å². The summed E-state index contributed by atoms with van der Waals surface area (Å²) in [6, 6.07) is 20.9. The van der Waals surface area contributed by atoms with Gasteiger partial charge in [0.05, 0.1) is 22.3 Å². The molecule has 3 aromatic carbocycles. The molecular formula is C26H23N5O2S. The minimum absolute atomic E-state index is 0.138. The lowest BCUT2D eigenvalue weighted by atomic mass is 10.1. The number of carbonyl (C=O) groups excluding carboxylic acids is 1. The number of para-hydroxylation sites is 1. The second-order valence-corrected chi connectivity index (χ2v) is 9.19. The van der Waals surface area contributed by atoms with Crippen LogP contribution < -0.4 is 10.9 Å². The van der Waals surface area contributed by atoms with E-state index in [1.165, 1.54) is 17.3 Å². The number of hydrogen-bond donors (Lipinski definition) is 1. The van der Waals surface area contributed by atoms with E-state index in [0.717, 1.165) is 16.8 Å². The summed E-state index contributed by atoms with van der Waals surface area (Å²) in [5.41, 5.74) is 5.40. The molecule has 34 heavy (non-hydrogen) atoms. The number of carbonyl (C=O) groups is 1. The maximum absolute atomic E-state index is 13.4. The fourth-order valence-corrected chi connectivity index (χ4v) is 4.59. The summed E-state index contributed by atoms with van der Waals surface area (Å²) < 4.78 is 3.40. The number of benzene rings is 3. The molecule has 0 spiro atoms. The van der Waals surface area contributed by atoms with Crippen LogP contribution in [-0.4, -0.2) is 30.8 Å². The van der Waals surface area contributed by atoms with Crippen molar-refractivity contribution in [2.75, 3.05) is 11.1 Å². The molecule has 1 amide bonds. The predicted octanol–water partition coefficient (Wildman–Crippen LogP) is 4.69. The van der Waals surface area contributed by atoms with Crippen LogP contribution in [0.5, 0.6) is 0 Å². The maximum atomic E-state index is 13.4. The predicted molar refractivity (Wildman–Crippen MR) is 136 cm³/mol. The SMILES string of the molecule is Cc1ccc(-n2c(=O)c3ccccc3n3c(SCC(=O)Nc4ccc(C)c(C)c4)nnc23)cc1. The minimum atomic E-state index is -0.164. The largest absolute Gasteiger partial charge is 0.325 e.